The SMILES string of the molecule is CNCCNc1nc(-c2ccc(C)c(Cl)c2)c(CC(C)C)s1.O=C(O)Cc1ccccc1. The van der Waals surface area contributed by atoms with Crippen LogP contribution in [0.2, 0.25) is 5.02 Å². The van der Waals surface area contributed by atoms with Crippen LogP contribution in [0.15, 0.2) is 48.5 Å². The van der Waals surface area contributed by atoms with Crippen molar-refractivity contribution in [2.75, 3.05) is 25.5 Å². The van der Waals surface area contributed by atoms with Gasteiger partial charge in [0.15, 0.2) is 5.13 Å². The molecule has 2 aromatic carbocycles. The van der Waals surface area contributed by atoms with Crippen LogP contribution in [0.5, 0.6) is 0 Å². The summed E-state index contributed by atoms with van der Waals surface area (Å²) in [5.41, 5.74) is 4.10. The van der Waals surface area contributed by atoms with Gasteiger partial charge in [-0.2, -0.15) is 0 Å². The zero-order chi connectivity index (χ0) is 23.5. The first kappa shape index (κ1) is 25.8. The van der Waals surface area contributed by atoms with E-state index in [-0.39, 0.29) is 6.42 Å². The molecule has 0 bridgehead atoms. The number of rotatable bonds is 9. The molecule has 3 aromatic rings. The summed E-state index contributed by atoms with van der Waals surface area (Å²) in [5, 5.41) is 16.7. The normalized spacial score (nSPS) is 10.6. The van der Waals surface area contributed by atoms with Gasteiger partial charge in [-0.15, -0.1) is 11.3 Å². The molecule has 0 saturated carbocycles. The van der Waals surface area contributed by atoms with Gasteiger partial charge in [0, 0.05) is 28.6 Å². The molecule has 7 heteroatoms. The number of aryl methyl sites for hydroxylation is 1. The van der Waals surface area contributed by atoms with Crippen LogP contribution in [-0.2, 0) is 17.6 Å². The molecule has 1 aromatic heterocycles. The number of carboxylic acid groups (broad SMARTS) is 1. The lowest BCUT2D eigenvalue weighted by molar-refractivity contribution is -0.136. The smallest absolute Gasteiger partial charge is 0.307 e. The number of nitrogens with one attached hydrogen (secondary N) is 2. The van der Waals surface area contributed by atoms with Gasteiger partial charge in [-0.3, -0.25) is 4.79 Å². The highest BCUT2D eigenvalue weighted by Gasteiger charge is 2.15. The fourth-order valence-electron chi connectivity index (χ4n) is 2.97. The van der Waals surface area contributed by atoms with Gasteiger partial charge in [0.25, 0.3) is 0 Å². The van der Waals surface area contributed by atoms with Gasteiger partial charge < -0.3 is 15.7 Å². The Morgan fingerprint density at radius 2 is 1.88 bits per heavy atom. The molecule has 32 heavy (non-hydrogen) atoms. The summed E-state index contributed by atoms with van der Waals surface area (Å²) in [7, 11) is 1.95. The van der Waals surface area contributed by atoms with Crippen molar-refractivity contribution in [3.63, 3.8) is 0 Å². The molecule has 0 aliphatic heterocycles. The lowest BCUT2D eigenvalue weighted by Gasteiger charge is -2.06. The molecular formula is C25H32ClN3O2S. The Balaban J connectivity index is 0.000000303. The number of carbonyl (C=O) groups is 1. The maximum atomic E-state index is 10.2. The van der Waals surface area contributed by atoms with Crippen molar-refractivity contribution in [2.24, 2.45) is 5.92 Å². The van der Waals surface area contributed by atoms with E-state index in [1.54, 1.807) is 23.5 Å². The molecule has 0 radical (unpaired) electrons. The third-order valence-electron chi connectivity index (χ3n) is 4.59. The standard InChI is InChI=1S/C17H24ClN3S.C8H8O2/c1-11(2)9-15-16(13-6-5-12(3)14(18)10-13)21-17(22-15)20-8-7-19-4;9-8(10)6-7-4-2-1-3-5-7/h5-6,10-11,19H,7-9H2,1-4H3,(H,20,21);1-5H,6H2,(H,9,10). The Kier molecular flexibility index (Phi) is 10.7. The maximum Gasteiger partial charge on any atom is 0.307 e. The van der Waals surface area contributed by atoms with Gasteiger partial charge in [-0.25, -0.2) is 4.98 Å². The summed E-state index contributed by atoms with van der Waals surface area (Å²) in [5.74, 6) is -0.184. The van der Waals surface area contributed by atoms with E-state index in [2.05, 4.69) is 36.6 Å². The zero-order valence-electron chi connectivity index (χ0n) is 19.1. The minimum Gasteiger partial charge on any atom is -0.481 e. The van der Waals surface area contributed by atoms with Crippen molar-refractivity contribution in [3.8, 4) is 11.3 Å². The average Bonchev–Trinajstić information content (AvgIpc) is 3.13. The molecule has 0 saturated heterocycles. The van der Waals surface area contributed by atoms with E-state index >= 15 is 0 Å². The number of halogens is 1. The number of benzene rings is 2. The fraction of sp³-hybridized carbons (Fsp3) is 0.360. The van der Waals surface area contributed by atoms with Crippen LogP contribution in [0.25, 0.3) is 11.3 Å². The predicted octanol–water partition coefficient (Wildman–Crippen LogP) is 5.92. The monoisotopic (exact) mass is 473 g/mol. The minimum atomic E-state index is -0.786. The van der Waals surface area contributed by atoms with E-state index < -0.39 is 5.97 Å². The first-order valence-corrected chi connectivity index (χ1v) is 11.9. The van der Waals surface area contributed by atoms with E-state index in [0.29, 0.717) is 5.92 Å². The van der Waals surface area contributed by atoms with Crippen molar-refractivity contribution in [1.29, 1.82) is 0 Å². The second-order valence-electron chi connectivity index (χ2n) is 7.94. The Labute approximate surface area is 199 Å². The number of thiazole rings is 1. The van der Waals surface area contributed by atoms with E-state index in [1.165, 1.54) is 4.88 Å². The summed E-state index contributed by atoms with van der Waals surface area (Å²) in [6, 6.07) is 15.3. The topological polar surface area (TPSA) is 74.2 Å². The number of nitrogens with zero attached hydrogens (tertiary/aromatic N) is 1. The maximum absolute atomic E-state index is 10.2. The summed E-state index contributed by atoms with van der Waals surface area (Å²) < 4.78 is 0. The van der Waals surface area contributed by atoms with E-state index in [9.17, 15) is 4.79 Å². The number of hydrogen-bond donors (Lipinski definition) is 3. The van der Waals surface area contributed by atoms with Gasteiger partial charge in [-0.1, -0.05) is 67.9 Å². The third kappa shape index (κ3) is 8.61. The molecule has 3 rings (SSSR count). The van der Waals surface area contributed by atoms with Gasteiger partial charge >= 0.3 is 5.97 Å². The molecule has 0 spiro atoms. The van der Waals surface area contributed by atoms with Crippen molar-refractivity contribution >= 4 is 34.0 Å². The highest BCUT2D eigenvalue weighted by atomic mass is 35.5. The van der Waals surface area contributed by atoms with Crippen LogP contribution >= 0.6 is 22.9 Å². The van der Waals surface area contributed by atoms with E-state index in [1.807, 2.05) is 38.2 Å². The quantitative estimate of drug-likeness (QED) is 0.336. The summed E-state index contributed by atoms with van der Waals surface area (Å²) >= 11 is 8.03. The van der Waals surface area contributed by atoms with Crippen molar-refractivity contribution in [2.45, 2.75) is 33.6 Å². The molecule has 172 valence electrons. The molecular weight excluding hydrogens is 442 g/mol. The summed E-state index contributed by atoms with van der Waals surface area (Å²) in [4.78, 5) is 16.3. The first-order valence-electron chi connectivity index (χ1n) is 10.7. The highest BCUT2D eigenvalue weighted by molar-refractivity contribution is 7.16. The lowest BCUT2D eigenvalue weighted by atomic mass is 10.0. The van der Waals surface area contributed by atoms with Crippen molar-refractivity contribution in [3.05, 3.63) is 69.6 Å². The number of carboxylic acids is 1. The molecule has 0 aliphatic carbocycles. The predicted molar refractivity (Wildman–Crippen MR) is 136 cm³/mol. The number of hydrogen-bond acceptors (Lipinski definition) is 5. The second kappa shape index (κ2) is 13.2. The zero-order valence-corrected chi connectivity index (χ0v) is 20.7. The van der Waals surface area contributed by atoms with Gasteiger partial charge in [0.2, 0.25) is 0 Å². The Bertz CT molecular complexity index is 990. The number of aliphatic carboxylic acids is 1. The number of aromatic nitrogens is 1. The molecule has 0 aliphatic rings. The second-order valence-corrected chi connectivity index (χ2v) is 9.43. The van der Waals surface area contributed by atoms with Crippen molar-refractivity contribution < 1.29 is 9.90 Å². The van der Waals surface area contributed by atoms with Gasteiger partial charge in [-0.05, 0) is 43.5 Å². The molecule has 0 unspecified atom stereocenters. The molecule has 1 heterocycles. The number of anilines is 1. The molecule has 3 N–H and O–H groups in total. The average molecular weight is 474 g/mol. The molecule has 0 fully saturated rings. The van der Waals surface area contributed by atoms with Gasteiger partial charge in [0.05, 0.1) is 12.1 Å². The Hall–Kier alpha value is -2.41. The van der Waals surface area contributed by atoms with Crippen LogP contribution < -0.4 is 10.6 Å². The minimum absolute atomic E-state index is 0.112. The number of likely N-dealkylation sites (N-methyl/N-ethyl adjacent to an activating group) is 1. The highest BCUT2D eigenvalue weighted by Crippen LogP contribution is 2.34. The first-order chi connectivity index (χ1) is 15.3. The third-order valence-corrected chi connectivity index (χ3v) is 6.03. The van der Waals surface area contributed by atoms with Crippen LogP contribution in [0, 0.1) is 12.8 Å². The summed E-state index contributed by atoms with van der Waals surface area (Å²) in [6.45, 7) is 8.29. The molecule has 0 atom stereocenters. The largest absolute Gasteiger partial charge is 0.481 e. The Morgan fingerprint density at radius 3 is 2.47 bits per heavy atom. The van der Waals surface area contributed by atoms with Crippen LogP contribution in [0.3, 0.4) is 0 Å². The Morgan fingerprint density at radius 1 is 1.16 bits per heavy atom. The van der Waals surface area contributed by atoms with Crippen LogP contribution in [0.1, 0.15) is 29.9 Å². The molecule has 5 nitrogen and oxygen atoms in total. The lowest BCUT2D eigenvalue weighted by Crippen LogP contribution is -2.17. The fourth-order valence-corrected chi connectivity index (χ4v) is 4.37. The van der Waals surface area contributed by atoms with Crippen LogP contribution in [0.4, 0.5) is 5.13 Å². The van der Waals surface area contributed by atoms with E-state index in [4.69, 9.17) is 21.7 Å². The molecule has 0 amide bonds. The van der Waals surface area contributed by atoms with Gasteiger partial charge in [0.1, 0.15) is 0 Å². The van der Waals surface area contributed by atoms with E-state index in [0.717, 1.165) is 52.0 Å². The summed E-state index contributed by atoms with van der Waals surface area (Å²) in [6.07, 6.45) is 1.15. The van der Waals surface area contributed by atoms with Crippen molar-refractivity contribution in [1.82, 2.24) is 10.3 Å². The van der Waals surface area contributed by atoms with Crippen LogP contribution in [-0.4, -0.2) is 36.2 Å².